The van der Waals surface area contributed by atoms with Crippen LogP contribution in [-0.2, 0) is 4.74 Å². The van der Waals surface area contributed by atoms with Crippen molar-refractivity contribution >= 4 is 21.6 Å². The number of hydrogen-bond donors (Lipinski definition) is 2. The Balaban J connectivity index is 2.29. The van der Waals surface area contributed by atoms with E-state index in [0.717, 1.165) is 18.5 Å². The molecule has 0 spiro atoms. The Morgan fingerprint density at radius 1 is 1.35 bits per heavy atom. The Kier molecular flexibility index (Phi) is 5.10. The fraction of sp³-hybridized carbons (Fsp3) is 0.625. The molecule has 1 saturated carbocycles. The van der Waals surface area contributed by atoms with Gasteiger partial charge in [0.25, 0.3) is 0 Å². The molecule has 0 amide bonds. The van der Waals surface area contributed by atoms with Gasteiger partial charge < -0.3 is 15.8 Å². The zero-order chi connectivity index (χ0) is 14.8. The van der Waals surface area contributed by atoms with Crippen molar-refractivity contribution in [3.05, 3.63) is 27.7 Å². The molecule has 0 aromatic heterocycles. The average molecular weight is 341 g/mol. The highest BCUT2D eigenvalue weighted by molar-refractivity contribution is 9.10. The number of ether oxygens (including phenoxy) is 1. The molecule has 3 nitrogen and oxygen atoms in total. The minimum absolute atomic E-state index is 0.139. The Morgan fingerprint density at radius 2 is 2.00 bits per heavy atom. The van der Waals surface area contributed by atoms with E-state index in [0.29, 0.717) is 6.54 Å². The largest absolute Gasteiger partial charge is 0.379 e. The molecule has 4 heteroatoms. The van der Waals surface area contributed by atoms with E-state index < -0.39 is 0 Å². The Bertz CT molecular complexity index is 455. The van der Waals surface area contributed by atoms with Gasteiger partial charge in [-0.25, -0.2) is 0 Å². The number of methoxy groups -OCH3 is 1. The van der Waals surface area contributed by atoms with Crippen LogP contribution < -0.4 is 11.1 Å². The zero-order valence-electron chi connectivity index (χ0n) is 12.6. The van der Waals surface area contributed by atoms with Gasteiger partial charge >= 0.3 is 0 Å². The van der Waals surface area contributed by atoms with Crippen LogP contribution in [0.25, 0.3) is 0 Å². The monoisotopic (exact) mass is 340 g/mol. The Labute approximate surface area is 130 Å². The minimum atomic E-state index is -0.139. The molecule has 1 aromatic rings. The molecule has 2 atom stereocenters. The summed E-state index contributed by atoms with van der Waals surface area (Å²) in [6.45, 7) is 4.83. The van der Waals surface area contributed by atoms with Crippen molar-refractivity contribution in [1.82, 2.24) is 0 Å². The quantitative estimate of drug-likeness (QED) is 0.877. The number of nitrogens with two attached hydrogens (primary N) is 1. The summed E-state index contributed by atoms with van der Waals surface area (Å²) in [5.74, 6) is 0. The average Bonchev–Trinajstić information content (AvgIpc) is 2.45. The van der Waals surface area contributed by atoms with Crippen LogP contribution in [0.4, 0.5) is 5.69 Å². The second kappa shape index (κ2) is 6.46. The van der Waals surface area contributed by atoms with E-state index in [1.807, 2.05) is 0 Å². The summed E-state index contributed by atoms with van der Waals surface area (Å²) < 4.78 is 6.88. The van der Waals surface area contributed by atoms with E-state index in [1.54, 1.807) is 7.11 Å². The zero-order valence-corrected chi connectivity index (χ0v) is 14.2. The Hall–Kier alpha value is -0.580. The van der Waals surface area contributed by atoms with E-state index >= 15 is 0 Å². The standard InChI is InChI=1S/C16H25BrN2O/c1-11-8-13(9-12(2)15(11)17)19-16(10-18)7-5-4-6-14(16)20-3/h8-9,14,19H,4-7,10,18H2,1-3H3. The van der Waals surface area contributed by atoms with Crippen LogP contribution in [0.5, 0.6) is 0 Å². The van der Waals surface area contributed by atoms with Gasteiger partial charge in [0.1, 0.15) is 0 Å². The van der Waals surface area contributed by atoms with Gasteiger partial charge in [-0.3, -0.25) is 0 Å². The Morgan fingerprint density at radius 3 is 2.55 bits per heavy atom. The van der Waals surface area contributed by atoms with Gasteiger partial charge in [0, 0.05) is 23.8 Å². The normalized spacial score (nSPS) is 26.6. The second-order valence-corrected chi connectivity index (χ2v) is 6.67. The fourth-order valence-electron chi connectivity index (χ4n) is 3.28. The lowest BCUT2D eigenvalue weighted by Gasteiger charge is -2.44. The molecule has 3 N–H and O–H groups in total. The third-order valence-electron chi connectivity index (χ3n) is 4.43. The first-order valence-corrected chi connectivity index (χ1v) is 8.09. The highest BCUT2D eigenvalue weighted by atomic mass is 79.9. The minimum Gasteiger partial charge on any atom is -0.379 e. The van der Waals surface area contributed by atoms with Crippen LogP contribution in [0.15, 0.2) is 16.6 Å². The number of benzene rings is 1. The van der Waals surface area contributed by atoms with Gasteiger partial charge in [-0.1, -0.05) is 28.8 Å². The van der Waals surface area contributed by atoms with E-state index in [2.05, 4.69) is 47.2 Å². The van der Waals surface area contributed by atoms with Gasteiger partial charge in [-0.15, -0.1) is 0 Å². The highest BCUT2D eigenvalue weighted by Gasteiger charge is 2.40. The molecule has 1 aliphatic carbocycles. The van der Waals surface area contributed by atoms with Crippen molar-refractivity contribution in [1.29, 1.82) is 0 Å². The molecule has 0 aliphatic heterocycles. The maximum Gasteiger partial charge on any atom is 0.0813 e. The van der Waals surface area contributed by atoms with Crippen LogP contribution >= 0.6 is 15.9 Å². The van der Waals surface area contributed by atoms with Gasteiger partial charge in [0.2, 0.25) is 0 Å². The van der Waals surface area contributed by atoms with E-state index in [4.69, 9.17) is 10.5 Å². The summed E-state index contributed by atoms with van der Waals surface area (Å²) in [5, 5.41) is 3.68. The highest BCUT2D eigenvalue weighted by Crippen LogP contribution is 2.34. The maximum atomic E-state index is 6.11. The topological polar surface area (TPSA) is 47.3 Å². The molecular weight excluding hydrogens is 316 g/mol. The van der Waals surface area contributed by atoms with Crippen LogP contribution in [-0.4, -0.2) is 25.3 Å². The summed E-state index contributed by atoms with van der Waals surface area (Å²) in [6, 6.07) is 4.35. The molecule has 0 saturated heterocycles. The fourth-order valence-corrected chi connectivity index (χ4v) is 3.51. The number of hydrogen-bond acceptors (Lipinski definition) is 3. The number of aryl methyl sites for hydroxylation is 2. The van der Waals surface area contributed by atoms with E-state index in [1.165, 1.54) is 28.4 Å². The van der Waals surface area contributed by atoms with Crippen molar-refractivity contribution < 1.29 is 4.74 Å². The molecule has 1 aromatic carbocycles. The van der Waals surface area contributed by atoms with Crippen LogP contribution in [0.3, 0.4) is 0 Å². The molecule has 112 valence electrons. The molecule has 0 bridgehead atoms. The molecule has 0 radical (unpaired) electrons. The maximum absolute atomic E-state index is 6.11. The number of halogens is 1. The van der Waals surface area contributed by atoms with Crippen LogP contribution in [0, 0.1) is 13.8 Å². The lowest BCUT2D eigenvalue weighted by Crippen LogP contribution is -2.57. The summed E-state index contributed by atoms with van der Waals surface area (Å²) >= 11 is 3.62. The summed E-state index contributed by atoms with van der Waals surface area (Å²) in [7, 11) is 1.79. The molecular formula is C16H25BrN2O. The molecule has 1 aliphatic rings. The number of rotatable bonds is 4. The van der Waals surface area contributed by atoms with Crippen molar-refractivity contribution in [2.24, 2.45) is 5.73 Å². The summed E-state index contributed by atoms with van der Waals surface area (Å²) in [4.78, 5) is 0. The molecule has 2 unspecified atom stereocenters. The number of anilines is 1. The molecule has 2 rings (SSSR count). The van der Waals surface area contributed by atoms with Crippen molar-refractivity contribution in [2.45, 2.75) is 51.2 Å². The number of nitrogens with one attached hydrogen (secondary N) is 1. The smallest absolute Gasteiger partial charge is 0.0813 e. The third-order valence-corrected chi connectivity index (χ3v) is 5.68. The van der Waals surface area contributed by atoms with Gasteiger partial charge in [0.05, 0.1) is 11.6 Å². The van der Waals surface area contributed by atoms with Gasteiger partial charge in [-0.2, -0.15) is 0 Å². The third kappa shape index (κ3) is 3.02. The SMILES string of the molecule is COC1CCCCC1(CN)Nc1cc(C)c(Br)c(C)c1. The molecule has 0 heterocycles. The predicted octanol–water partition coefficient (Wildman–Crippen LogP) is 3.76. The summed E-state index contributed by atoms with van der Waals surface area (Å²) in [6.07, 6.45) is 4.76. The lowest BCUT2D eigenvalue weighted by molar-refractivity contribution is 0.0190. The van der Waals surface area contributed by atoms with E-state index in [9.17, 15) is 0 Å². The van der Waals surface area contributed by atoms with Crippen LogP contribution in [0.2, 0.25) is 0 Å². The first kappa shape index (κ1) is 15.8. The van der Waals surface area contributed by atoms with Crippen molar-refractivity contribution in [2.75, 3.05) is 19.0 Å². The van der Waals surface area contributed by atoms with Crippen LogP contribution in [0.1, 0.15) is 36.8 Å². The van der Waals surface area contributed by atoms with Crippen molar-refractivity contribution in [3.63, 3.8) is 0 Å². The van der Waals surface area contributed by atoms with Gasteiger partial charge in [0.15, 0.2) is 0 Å². The van der Waals surface area contributed by atoms with Gasteiger partial charge in [-0.05, 0) is 49.9 Å². The molecule has 1 fully saturated rings. The first-order valence-electron chi connectivity index (χ1n) is 7.30. The van der Waals surface area contributed by atoms with E-state index in [-0.39, 0.29) is 11.6 Å². The van der Waals surface area contributed by atoms with Crippen molar-refractivity contribution in [3.8, 4) is 0 Å². The predicted molar refractivity (Wildman–Crippen MR) is 88.3 cm³/mol. The first-order chi connectivity index (χ1) is 9.52. The summed E-state index contributed by atoms with van der Waals surface area (Å²) in [5.41, 5.74) is 9.58. The lowest BCUT2D eigenvalue weighted by atomic mass is 9.78. The molecule has 20 heavy (non-hydrogen) atoms. The second-order valence-electron chi connectivity index (χ2n) is 5.88.